The molecule has 1 aliphatic rings. The number of hydrogen-bond acceptors (Lipinski definition) is 2. The Morgan fingerprint density at radius 1 is 1.60 bits per heavy atom. The van der Waals surface area contributed by atoms with Crippen molar-refractivity contribution in [2.45, 2.75) is 20.3 Å². The van der Waals surface area contributed by atoms with Gasteiger partial charge in [0.15, 0.2) is 0 Å². The molecule has 2 heteroatoms. The van der Waals surface area contributed by atoms with Crippen molar-refractivity contribution in [3.05, 3.63) is 23.8 Å². The van der Waals surface area contributed by atoms with Gasteiger partial charge in [-0.15, -0.1) is 0 Å². The Balaban J connectivity index is 2.97. The minimum Gasteiger partial charge on any atom is -0.305 e. The molecule has 0 saturated carbocycles. The molecule has 0 heterocycles. The summed E-state index contributed by atoms with van der Waals surface area (Å²) >= 11 is 0. The number of carbonyl (C=O) groups is 1. The normalized spacial score (nSPS) is 25.3. The standard InChI is InChI=1S/C13H21NO/c1-10-7-13(2,3)12(8-14(4)5)6-11(10)9-15/h6,9,11H,1,7-8H2,2-5H3. The summed E-state index contributed by atoms with van der Waals surface area (Å²) < 4.78 is 0. The Morgan fingerprint density at radius 2 is 2.20 bits per heavy atom. The number of aldehydes is 1. The van der Waals surface area contributed by atoms with Gasteiger partial charge in [-0.25, -0.2) is 0 Å². The van der Waals surface area contributed by atoms with Gasteiger partial charge >= 0.3 is 0 Å². The molecule has 84 valence electrons. The third-order valence-electron chi connectivity index (χ3n) is 3.02. The molecule has 0 aromatic carbocycles. The first kappa shape index (κ1) is 12.2. The molecule has 15 heavy (non-hydrogen) atoms. The molecule has 0 fully saturated rings. The van der Waals surface area contributed by atoms with Crippen molar-refractivity contribution in [2.75, 3.05) is 20.6 Å². The maximum atomic E-state index is 10.9. The fourth-order valence-electron chi connectivity index (χ4n) is 2.10. The molecule has 0 radical (unpaired) electrons. The average Bonchev–Trinajstić information content (AvgIpc) is 2.08. The maximum absolute atomic E-state index is 10.9. The second-order valence-corrected chi connectivity index (χ2v) is 5.31. The molecule has 0 aliphatic heterocycles. The van der Waals surface area contributed by atoms with E-state index in [0.29, 0.717) is 0 Å². The van der Waals surface area contributed by atoms with Crippen LogP contribution < -0.4 is 0 Å². The molecule has 2 nitrogen and oxygen atoms in total. The van der Waals surface area contributed by atoms with E-state index >= 15 is 0 Å². The molecule has 0 N–H and O–H groups in total. The second-order valence-electron chi connectivity index (χ2n) is 5.31. The lowest BCUT2D eigenvalue weighted by atomic mass is 9.70. The first-order chi connectivity index (χ1) is 6.86. The number of likely N-dealkylation sites (N-methyl/N-ethyl adjacent to an activating group) is 1. The zero-order valence-corrected chi connectivity index (χ0v) is 10.2. The molecule has 0 amide bonds. The van der Waals surface area contributed by atoms with Crippen molar-refractivity contribution in [2.24, 2.45) is 11.3 Å². The van der Waals surface area contributed by atoms with E-state index in [2.05, 4.69) is 45.5 Å². The maximum Gasteiger partial charge on any atom is 0.130 e. The average molecular weight is 207 g/mol. The van der Waals surface area contributed by atoms with Crippen LogP contribution in [0.2, 0.25) is 0 Å². The molecule has 0 aromatic heterocycles. The summed E-state index contributed by atoms with van der Waals surface area (Å²) in [6.45, 7) is 9.34. The largest absolute Gasteiger partial charge is 0.305 e. The van der Waals surface area contributed by atoms with Crippen LogP contribution in [0.25, 0.3) is 0 Å². The van der Waals surface area contributed by atoms with Gasteiger partial charge in [0.2, 0.25) is 0 Å². The molecule has 0 spiro atoms. The van der Waals surface area contributed by atoms with Gasteiger partial charge in [-0.1, -0.05) is 37.6 Å². The third kappa shape index (κ3) is 2.78. The zero-order chi connectivity index (χ0) is 11.6. The van der Waals surface area contributed by atoms with E-state index in [1.807, 2.05) is 0 Å². The lowest BCUT2D eigenvalue weighted by Gasteiger charge is -2.36. The van der Waals surface area contributed by atoms with Crippen molar-refractivity contribution < 1.29 is 4.79 Å². The summed E-state index contributed by atoms with van der Waals surface area (Å²) in [6.07, 6.45) is 3.99. The second kappa shape index (κ2) is 4.31. The summed E-state index contributed by atoms with van der Waals surface area (Å²) in [5.74, 6) is -0.0759. The third-order valence-corrected chi connectivity index (χ3v) is 3.02. The first-order valence-electron chi connectivity index (χ1n) is 5.35. The van der Waals surface area contributed by atoms with E-state index in [-0.39, 0.29) is 11.3 Å². The number of allylic oxidation sites excluding steroid dienone is 2. The molecule has 0 bridgehead atoms. The van der Waals surface area contributed by atoms with E-state index in [9.17, 15) is 4.79 Å². The van der Waals surface area contributed by atoms with Crippen LogP contribution in [0.5, 0.6) is 0 Å². The van der Waals surface area contributed by atoms with Gasteiger partial charge in [-0.05, 0) is 25.9 Å². The smallest absolute Gasteiger partial charge is 0.130 e. The van der Waals surface area contributed by atoms with Crippen molar-refractivity contribution in [1.29, 1.82) is 0 Å². The number of nitrogens with zero attached hydrogens (tertiary/aromatic N) is 1. The molecule has 1 atom stereocenters. The predicted molar refractivity (Wildman–Crippen MR) is 63.7 cm³/mol. The van der Waals surface area contributed by atoms with Crippen molar-refractivity contribution in [3.8, 4) is 0 Å². The van der Waals surface area contributed by atoms with Crippen LogP contribution in [0.15, 0.2) is 23.8 Å². The predicted octanol–water partition coefficient (Wildman–Crippen LogP) is 2.28. The molecule has 0 aromatic rings. The van der Waals surface area contributed by atoms with E-state index in [1.54, 1.807) is 0 Å². The Hall–Kier alpha value is -0.890. The van der Waals surface area contributed by atoms with Crippen LogP contribution in [0.4, 0.5) is 0 Å². The van der Waals surface area contributed by atoms with E-state index in [0.717, 1.165) is 24.8 Å². The van der Waals surface area contributed by atoms with Crippen LogP contribution in [0.1, 0.15) is 20.3 Å². The van der Waals surface area contributed by atoms with Gasteiger partial charge in [-0.3, -0.25) is 0 Å². The fraction of sp³-hybridized carbons (Fsp3) is 0.615. The number of hydrogen-bond donors (Lipinski definition) is 0. The Kier molecular flexibility index (Phi) is 3.50. The van der Waals surface area contributed by atoms with Crippen LogP contribution in [0, 0.1) is 11.3 Å². The minimum absolute atomic E-state index is 0.0759. The van der Waals surface area contributed by atoms with Crippen LogP contribution in [-0.4, -0.2) is 31.8 Å². The molecule has 1 aliphatic carbocycles. The molecule has 0 saturated heterocycles. The first-order valence-corrected chi connectivity index (χ1v) is 5.35. The van der Waals surface area contributed by atoms with Gasteiger partial charge < -0.3 is 9.69 Å². The van der Waals surface area contributed by atoms with Gasteiger partial charge in [0.05, 0.1) is 5.92 Å². The quantitative estimate of drug-likeness (QED) is 0.522. The van der Waals surface area contributed by atoms with Crippen molar-refractivity contribution in [3.63, 3.8) is 0 Å². The van der Waals surface area contributed by atoms with Crippen molar-refractivity contribution >= 4 is 6.29 Å². The Bertz CT molecular complexity index is 300. The minimum atomic E-state index is -0.0759. The van der Waals surface area contributed by atoms with Crippen LogP contribution >= 0.6 is 0 Å². The SMILES string of the molecule is C=C1CC(C)(C)C(CN(C)C)=CC1C=O. The molecule has 1 unspecified atom stereocenters. The lowest BCUT2D eigenvalue weighted by molar-refractivity contribution is -0.109. The van der Waals surface area contributed by atoms with Gasteiger partial charge in [0, 0.05) is 6.54 Å². The topological polar surface area (TPSA) is 20.3 Å². The van der Waals surface area contributed by atoms with Gasteiger partial charge in [0.1, 0.15) is 6.29 Å². The number of carbonyl (C=O) groups excluding carboxylic acids is 1. The highest BCUT2D eigenvalue weighted by Crippen LogP contribution is 2.40. The Morgan fingerprint density at radius 3 is 2.67 bits per heavy atom. The summed E-state index contributed by atoms with van der Waals surface area (Å²) in [7, 11) is 4.10. The van der Waals surface area contributed by atoms with E-state index in [1.165, 1.54) is 5.57 Å². The van der Waals surface area contributed by atoms with Crippen LogP contribution in [-0.2, 0) is 4.79 Å². The van der Waals surface area contributed by atoms with Crippen molar-refractivity contribution in [1.82, 2.24) is 4.90 Å². The summed E-state index contributed by atoms with van der Waals surface area (Å²) in [6, 6.07) is 0. The summed E-state index contributed by atoms with van der Waals surface area (Å²) in [4.78, 5) is 13.0. The number of rotatable bonds is 3. The molecular weight excluding hydrogens is 186 g/mol. The molecular formula is C13H21NO. The zero-order valence-electron chi connectivity index (χ0n) is 10.2. The van der Waals surface area contributed by atoms with Crippen LogP contribution in [0.3, 0.4) is 0 Å². The summed E-state index contributed by atoms with van der Waals surface area (Å²) in [5, 5.41) is 0. The monoisotopic (exact) mass is 207 g/mol. The lowest BCUT2D eigenvalue weighted by Crippen LogP contribution is -2.30. The highest BCUT2D eigenvalue weighted by Gasteiger charge is 2.31. The Labute approximate surface area is 92.7 Å². The highest BCUT2D eigenvalue weighted by atomic mass is 16.1. The van der Waals surface area contributed by atoms with Gasteiger partial charge in [0.25, 0.3) is 0 Å². The van der Waals surface area contributed by atoms with E-state index in [4.69, 9.17) is 0 Å². The van der Waals surface area contributed by atoms with E-state index < -0.39 is 0 Å². The fourth-order valence-corrected chi connectivity index (χ4v) is 2.10. The highest BCUT2D eigenvalue weighted by molar-refractivity contribution is 5.63. The summed E-state index contributed by atoms with van der Waals surface area (Å²) in [5.41, 5.74) is 2.52. The van der Waals surface area contributed by atoms with Gasteiger partial charge in [-0.2, -0.15) is 0 Å². The molecule has 1 rings (SSSR count).